The number of carboxylic acid groups (broad SMARTS) is 1. The zero-order valence-corrected chi connectivity index (χ0v) is 33.9. The van der Waals surface area contributed by atoms with Gasteiger partial charge >= 0.3 is 5.97 Å². The molecule has 1 aromatic heterocycles. The van der Waals surface area contributed by atoms with Gasteiger partial charge in [-0.3, -0.25) is 4.79 Å². The van der Waals surface area contributed by atoms with Crippen LogP contribution < -0.4 is 5.73 Å². The van der Waals surface area contributed by atoms with E-state index >= 15 is 0 Å². The molecule has 8 nitrogen and oxygen atoms in total. The van der Waals surface area contributed by atoms with Crippen molar-refractivity contribution in [2.24, 2.45) is 68.3 Å². The summed E-state index contributed by atoms with van der Waals surface area (Å²) in [7, 11) is 0. The van der Waals surface area contributed by atoms with Gasteiger partial charge in [0.2, 0.25) is 0 Å². The molecular formula is C44H65FN4O4. The summed E-state index contributed by atoms with van der Waals surface area (Å²) < 4.78 is 30.3. The highest BCUT2D eigenvalue weighted by Crippen LogP contribution is 2.75. The molecule has 1 saturated heterocycles. The lowest BCUT2D eigenvalue weighted by atomic mass is 9.34. The van der Waals surface area contributed by atoms with Gasteiger partial charge in [-0.15, -0.1) is 0 Å². The van der Waals surface area contributed by atoms with E-state index in [4.69, 9.17) is 25.3 Å². The summed E-state index contributed by atoms with van der Waals surface area (Å²) in [6.45, 7) is 24.1. The zero-order chi connectivity index (χ0) is 38.5. The summed E-state index contributed by atoms with van der Waals surface area (Å²) in [5.41, 5.74) is 7.03. The number of hydrogen-bond acceptors (Lipinski definition) is 6. The van der Waals surface area contributed by atoms with Crippen LogP contribution in [0.3, 0.4) is 0 Å². The van der Waals surface area contributed by atoms with Crippen LogP contribution in [0, 0.1) is 68.4 Å². The molecule has 0 spiro atoms. The fourth-order valence-electron chi connectivity index (χ4n) is 12.8. The van der Waals surface area contributed by atoms with E-state index in [0.717, 1.165) is 37.7 Å². The molecule has 2 heterocycles. The Balaban J connectivity index is 1.40. The van der Waals surface area contributed by atoms with E-state index in [0.29, 0.717) is 43.9 Å². The van der Waals surface area contributed by atoms with E-state index in [2.05, 4.69) is 75.3 Å². The number of carbonyl (C=O) groups is 1. The Morgan fingerprint density at radius 1 is 1.08 bits per heavy atom. The molecule has 7 rings (SSSR count). The molecule has 9 heteroatoms. The normalized spacial score (nSPS) is 41.2. The largest absolute Gasteiger partial charge is 0.481 e. The summed E-state index contributed by atoms with van der Waals surface area (Å²) in [5.74, 6) is 0.651. The first kappa shape index (κ1) is 38.6. The van der Waals surface area contributed by atoms with E-state index in [1.807, 2.05) is 4.68 Å². The van der Waals surface area contributed by atoms with Gasteiger partial charge in [-0.05, 0) is 121 Å². The van der Waals surface area contributed by atoms with Crippen molar-refractivity contribution in [2.75, 3.05) is 19.8 Å². The van der Waals surface area contributed by atoms with Crippen molar-refractivity contribution in [1.29, 1.82) is 0 Å². The molecule has 53 heavy (non-hydrogen) atoms. The molecular weight excluding hydrogens is 668 g/mol. The number of aliphatic carboxylic acids is 1. The van der Waals surface area contributed by atoms with Gasteiger partial charge in [-0.2, -0.15) is 5.10 Å². The maximum absolute atomic E-state index is 14.1. The molecule has 0 radical (unpaired) electrons. The molecule has 0 amide bonds. The topological polar surface area (TPSA) is 112 Å². The zero-order valence-electron chi connectivity index (χ0n) is 33.9. The van der Waals surface area contributed by atoms with E-state index in [1.165, 1.54) is 17.7 Å². The molecule has 12 atom stereocenters. The smallest absolute Gasteiger partial charge is 0.307 e. The van der Waals surface area contributed by atoms with Crippen molar-refractivity contribution in [2.45, 2.75) is 125 Å². The standard InChI is InChI=1S/C44H65FN4O4/c1-26(2)28(5)40(7)19-20-41(8)31-15-16-34-39(6)21-33(49-37(47-25-48-49)29-11-13-30(45)14-12-29)36(53-23-43(10,46)27(3)4)44(34,24-52-22-39)32(31)17-18-42(41,9)35(40)38(50)51/h11-14,17,25-28,31,33-36H,15-16,18-24,46H2,1-10H3,(H,50,51)/t28-,31+,33-,34-,35-,36+,39-,40-,41-,42+,43+,44+/m1/s1. The SMILES string of the molecule is CC(C)[C@@H](C)[C@@]1(C)CC[C@]2(C)[C@H]3CC[C@@H]4[C@@]5(C)COC[C@@]4(C3=CC[C@@]2(C)[C@@H]1C(=O)O)[C@@H](OC[C@](C)(N)C(C)C)[C@H](n1ncnc1-c1ccc(F)cc1)C5. The Hall–Kier alpha value is -2.62. The first-order valence-electron chi connectivity index (χ1n) is 20.3. The number of allylic oxidation sites excluding steroid dienone is 1. The molecule has 4 aliphatic carbocycles. The second kappa shape index (κ2) is 13.0. The van der Waals surface area contributed by atoms with Crippen LogP contribution in [0.15, 0.2) is 42.2 Å². The van der Waals surface area contributed by atoms with Crippen LogP contribution in [-0.2, 0) is 14.3 Å². The molecule has 3 N–H and O–H groups in total. The minimum atomic E-state index is -0.653. The summed E-state index contributed by atoms with van der Waals surface area (Å²) in [5, 5.41) is 16.1. The minimum absolute atomic E-state index is 0.159. The van der Waals surface area contributed by atoms with Crippen LogP contribution in [0.4, 0.5) is 4.39 Å². The lowest BCUT2D eigenvalue weighted by Gasteiger charge is -2.71. The molecule has 0 unspecified atom stereocenters. The Morgan fingerprint density at radius 3 is 2.42 bits per heavy atom. The number of halogens is 1. The minimum Gasteiger partial charge on any atom is -0.481 e. The van der Waals surface area contributed by atoms with Crippen molar-refractivity contribution >= 4 is 5.97 Å². The summed E-state index contributed by atoms with van der Waals surface area (Å²) in [4.78, 5) is 18.4. The highest BCUT2D eigenvalue weighted by molar-refractivity contribution is 5.73. The van der Waals surface area contributed by atoms with Crippen molar-refractivity contribution in [3.8, 4) is 11.4 Å². The van der Waals surface area contributed by atoms with E-state index in [1.54, 1.807) is 18.5 Å². The summed E-state index contributed by atoms with van der Waals surface area (Å²) in [6, 6.07) is 6.31. The Bertz CT molecular complexity index is 1740. The number of benzene rings is 1. The lowest BCUT2D eigenvalue weighted by molar-refractivity contribution is -0.254. The Labute approximate surface area is 316 Å². The van der Waals surface area contributed by atoms with Gasteiger partial charge in [0.05, 0.1) is 37.9 Å². The second-order valence-corrected chi connectivity index (χ2v) is 20.1. The third-order valence-corrected chi connectivity index (χ3v) is 16.9. The maximum atomic E-state index is 14.1. The fourth-order valence-corrected chi connectivity index (χ4v) is 12.8. The van der Waals surface area contributed by atoms with Gasteiger partial charge in [0, 0.05) is 16.5 Å². The van der Waals surface area contributed by atoms with E-state index < -0.39 is 28.3 Å². The van der Waals surface area contributed by atoms with Crippen LogP contribution in [0.5, 0.6) is 0 Å². The van der Waals surface area contributed by atoms with E-state index in [9.17, 15) is 14.3 Å². The van der Waals surface area contributed by atoms with Crippen LogP contribution in [0.25, 0.3) is 11.4 Å². The predicted octanol–water partition coefficient (Wildman–Crippen LogP) is 8.97. The lowest BCUT2D eigenvalue weighted by Crippen LogP contribution is -2.70. The highest BCUT2D eigenvalue weighted by atomic mass is 19.1. The van der Waals surface area contributed by atoms with Gasteiger partial charge in [0.15, 0.2) is 5.82 Å². The van der Waals surface area contributed by atoms with E-state index in [-0.39, 0.29) is 52.0 Å². The molecule has 1 aromatic carbocycles. The molecule has 4 fully saturated rings. The molecule has 1 aliphatic heterocycles. The number of rotatable bonds is 9. The molecule has 2 aromatic rings. The number of carboxylic acids is 1. The third-order valence-electron chi connectivity index (χ3n) is 16.9. The molecule has 2 bridgehead atoms. The third kappa shape index (κ3) is 5.55. The average molecular weight is 733 g/mol. The molecule has 5 aliphatic rings. The number of fused-ring (bicyclic) bond motifs is 3. The van der Waals surface area contributed by atoms with Gasteiger partial charge in [0.1, 0.15) is 12.1 Å². The first-order valence-corrected chi connectivity index (χ1v) is 20.3. The number of hydrogen-bond donors (Lipinski definition) is 2. The van der Waals surface area contributed by atoms with Crippen LogP contribution in [-0.4, -0.2) is 57.3 Å². The predicted molar refractivity (Wildman–Crippen MR) is 205 cm³/mol. The fraction of sp³-hybridized carbons (Fsp3) is 0.750. The number of nitrogens with two attached hydrogens (primary N) is 1. The van der Waals surface area contributed by atoms with Crippen LogP contribution in [0.1, 0.15) is 114 Å². The van der Waals surface area contributed by atoms with Crippen LogP contribution in [0.2, 0.25) is 0 Å². The van der Waals surface area contributed by atoms with Crippen molar-refractivity contribution < 1.29 is 23.8 Å². The molecule has 3 saturated carbocycles. The number of nitrogens with zero attached hydrogens (tertiary/aromatic N) is 3. The average Bonchev–Trinajstić information content (AvgIpc) is 3.57. The van der Waals surface area contributed by atoms with Crippen molar-refractivity contribution in [3.63, 3.8) is 0 Å². The van der Waals surface area contributed by atoms with Crippen molar-refractivity contribution in [1.82, 2.24) is 14.8 Å². The molecule has 292 valence electrons. The van der Waals surface area contributed by atoms with Gasteiger partial charge in [-0.1, -0.05) is 74.0 Å². The summed E-state index contributed by atoms with van der Waals surface area (Å²) in [6.07, 6.45) is 9.21. The van der Waals surface area contributed by atoms with Crippen molar-refractivity contribution in [3.05, 3.63) is 48.1 Å². The van der Waals surface area contributed by atoms with Gasteiger partial charge in [-0.25, -0.2) is 14.1 Å². The quantitative estimate of drug-likeness (QED) is 0.248. The maximum Gasteiger partial charge on any atom is 0.307 e. The van der Waals surface area contributed by atoms with Gasteiger partial charge < -0.3 is 20.3 Å². The Morgan fingerprint density at radius 2 is 1.77 bits per heavy atom. The first-order chi connectivity index (χ1) is 24.8. The van der Waals surface area contributed by atoms with Gasteiger partial charge in [0.25, 0.3) is 0 Å². The Kier molecular flexibility index (Phi) is 9.46. The second-order valence-electron chi connectivity index (χ2n) is 20.1. The monoisotopic (exact) mass is 732 g/mol. The summed E-state index contributed by atoms with van der Waals surface area (Å²) >= 11 is 0. The highest BCUT2D eigenvalue weighted by Gasteiger charge is 2.72. The van der Waals surface area contributed by atoms with Crippen LogP contribution >= 0.6 is 0 Å². The number of aromatic nitrogens is 3. The number of ether oxygens (including phenoxy) is 2.